The van der Waals surface area contributed by atoms with E-state index in [0.29, 0.717) is 12.7 Å². The van der Waals surface area contributed by atoms with Crippen LogP contribution < -0.4 is 5.32 Å². The van der Waals surface area contributed by atoms with E-state index < -0.39 is 0 Å². The van der Waals surface area contributed by atoms with Crippen LogP contribution in [0.15, 0.2) is 18.3 Å². The van der Waals surface area contributed by atoms with E-state index in [4.69, 9.17) is 4.74 Å². The van der Waals surface area contributed by atoms with Crippen LogP contribution in [0.4, 0.5) is 5.82 Å². The Bertz CT molecular complexity index is 284. The molecule has 0 saturated carbocycles. The summed E-state index contributed by atoms with van der Waals surface area (Å²) < 4.78 is 5.64. The van der Waals surface area contributed by atoms with Crippen molar-refractivity contribution in [3.8, 4) is 0 Å². The van der Waals surface area contributed by atoms with Crippen LogP contribution in [-0.4, -0.2) is 17.6 Å². The average Bonchev–Trinajstić information content (AvgIpc) is 2.34. The monoisotopic (exact) mass is 222 g/mol. The van der Waals surface area contributed by atoms with Gasteiger partial charge < -0.3 is 10.1 Å². The van der Waals surface area contributed by atoms with Crippen molar-refractivity contribution in [1.82, 2.24) is 4.98 Å². The molecule has 0 aliphatic rings. The highest BCUT2D eigenvalue weighted by atomic mass is 16.5. The van der Waals surface area contributed by atoms with Gasteiger partial charge in [-0.1, -0.05) is 19.9 Å². The fourth-order valence-electron chi connectivity index (χ4n) is 1.22. The van der Waals surface area contributed by atoms with Gasteiger partial charge in [0.1, 0.15) is 5.82 Å². The minimum absolute atomic E-state index is 0.317. The number of hydrogen-bond acceptors (Lipinski definition) is 3. The molecule has 1 aromatic rings. The van der Waals surface area contributed by atoms with Crippen molar-refractivity contribution in [2.45, 2.75) is 46.3 Å². The summed E-state index contributed by atoms with van der Waals surface area (Å²) in [6, 6.07) is 4.07. The molecule has 0 aliphatic carbocycles. The molecule has 16 heavy (non-hydrogen) atoms. The topological polar surface area (TPSA) is 34.1 Å². The number of nitrogens with one attached hydrogen (secondary N) is 1. The van der Waals surface area contributed by atoms with E-state index in [1.807, 2.05) is 12.3 Å². The lowest BCUT2D eigenvalue weighted by atomic mass is 10.3. The van der Waals surface area contributed by atoms with Crippen LogP contribution in [0.5, 0.6) is 0 Å². The van der Waals surface area contributed by atoms with Gasteiger partial charge in [0.15, 0.2) is 0 Å². The molecule has 1 unspecified atom stereocenters. The summed E-state index contributed by atoms with van der Waals surface area (Å²) in [5.74, 6) is 0.939. The molecule has 0 spiro atoms. The minimum atomic E-state index is 0.317. The van der Waals surface area contributed by atoms with Crippen LogP contribution in [0.1, 0.15) is 39.2 Å². The molecule has 0 aromatic carbocycles. The normalized spacial score (nSPS) is 12.4. The second-order valence-corrected chi connectivity index (χ2v) is 4.01. The van der Waals surface area contributed by atoms with Crippen molar-refractivity contribution < 1.29 is 4.74 Å². The Balaban J connectivity index is 2.38. The highest BCUT2D eigenvalue weighted by molar-refractivity contribution is 5.35. The molecule has 3 nitrogen and oxygen atoms in total. The van der Waals surface area contributed by atoms with E-state index in [1.165, 1.54) is 0 Å². The number of nitrogens with zero attached hydrogens (tertiary/aromatic N) is 1. The van der Waals surface area contributed by atoms with Crippen molar-refractivity contribution in [3.63, 3.8) is 0 Å². The molecule has 1 atom stereocenters. The second kappa shape index (κ2) is 7.23. The molecule has 0 saturated heterocycles. The van der Waals surface area contributed by atoms with Crippen molar-refractivity contribution in [3.05, 3.63) is 23.9 Å². The maximum absolute atomic E-state index is 5.64. The van der Waals surface area contributed by atoms with Crippen LogP contribution >= 0.6 is 0 Å². The summed E-state index contributed by atoms with van der Waals surface area (Å²) in [6.45, 7) is 7.97. The van der Waals surface area contributed by atoms with Crippen molar-refractivity contribution in [1.29, 1.82) is 0 Å². The smallest absolute Gasteiger partial charge is 0.125 e. The predicted molar refractivity (Wildman–Crippen MR) is 67.6 cm³/mol. The lowest BCUT2D eigenvalue weighted by molar-refractivity contribution is 0.0507. The first-order valence-electron chi connectivity index (χ1n) is 6.06. The second-order valence-electron chi connectivity index (χ2n) is 4.01. The van der Waals surface area contributed by atoms with Crippen LogP contribution in [0.25, 0.3) is 0 Å². The Hall–Kier alpha value is -1.09. The molecule has 0 fully saturated rings. The number of ether oxygens (including phenoxy) is 1. The van der Waals surface area contributed by atoms with Crippen LogP contribution in [0.3, 0.4) is 0 Å². The molecule has 1 N–H and O–H groups in total. The van der Waals surface area contributed by atoms with E-state index in [-0.39, 0.29) is 0 Å². The summed E-state index contributed by atoms with van der Waals surface area (Å²) in [4.78, 5) is 4.33. The SMILES string of the molecule is CCCNc1ccc(COC(C)CC)cn1. The Kier molecular flexibility index (Phi) is 5.86. The van der Waals surface area contributed by atoms with Gasteiger partial charge in [-0.05, 0) is 31.4 Å². The summed E-state index contributed by atoms with van der Waals surface area (Å²) in [6.07, 6.45) is 4.35. The van der Waals surface area contributed by atoms with Gasteiger partial charge in [0, 0.05) is 12.7 Å². The third-order valence-corrected chi connectivity index (χ3v) is 2.49. The Labute approximate surface area is 98.2 Å². The molecule has 90 valence electrons. The molecule has 1 heterocycles. The molecule has 1 rings (SSSR count). The van der Waals surface area contributed by atoms with E-state index in [2.05, 4.69) is 37.1 Å². The van der Waals surface area contributed by atoms with Crippen molar-refractivity contribution >= 4 is 5.82 Å². The van der Waals surface area contributed by atoms with Crippen LogP contribution in [0.2, 0.25) is 0 Å². The highest BCUT2D eigenvalue weighted by Crippen LogP contribution is 2.08. The lowest BCUT2D eigenvalue weighted by Crippen LogP contribution is -2.07. The van der Waals surface area contributed by atoms with E-state index >= 15 is 0 Å². The quantitative estimate of drug-likeness (QED) is 0.769. The number of anilines is 1. The molecular weight excluding hydrogens is 200 g/mol. The lowest BCUT2D eigenvalue weighted by Gasteiger charge is -2.10. The zero-order valence-electron chi connectivity index (χ0n) is 10.5. The number of hydrogen-bond donors (Lipinski definition) is 1. The van der Waals surface area contributed by atoms with Gasteiger partial charge in [0.05, 0.1) is 12.7 Å². The highest BCUT2D eigenvalue weighted by Gasteiger charge is 2.00. The fourth-order valence-corrected chi connectivity index (χ4v) is 1.22. The maximum atomic E-state index is 5.64. The van der Waals surface area contributed by atoms with Gasteiger partial charge in [0.25, 0.3) is 0 Å². The van der Waals surface area contributed by atoms with Gasteiger partial charge in [-0.25, -0.2) is 4.98 Å². The Morgan fingerprint density at radius 1 is 1.38 bits per heavy atom. The maximum Gasteiger partial charge on any atom is 0.125 e. The third-order valence-electron chi connectivity index (χ3n) is 2.49. The average molecular weight is 222 g/mol. The minimum Gasteiger partial charge on any atom is -0.374 e. The third kappa shape index (κ3) is 4.62. The molecule has 0 bridgehead atoms. The van der Waals surface area contributed by atoms with Gasteiger partial charge in [-0.2, -0.15) is 0 Å². The summed E-state index contributed by atoms with van der Waals surface area (Å²) in [7, 11) is 0. The number of aromatic nitrogens is 1. The first-order chi connectivity index (χ1) is 7.76. The molecule has 0 radical (unpaired) electrons. The molecule has 0 amide bonds. The first kappa shape index (κ1) is 13.0. The van der Waals surface area contributed by atoms with Gasteiger partial charge in [-0.15, -0.1) is 0 Å². The summed E-state index contributed by atoms with van der Waals surface area (Å²) >= 11 is 0. The largest absolute Gasteiger partial charge is 0.374 e. The van der Waals surface area contributed by atoms with Crippen LogP contribution in [-0.2, 0) is 11.3 Å². The number of pyridine rings is 1. The zero-order chi connectivity index (χ0) is 11.8. The Morgan fingerprint density at radius 3 is 2.75 bits per heavy atom. The van der Waals surface area contributed by atoms with Gasteiger partial charge in [0.2, 0.25) is 0 Å². The number of rotatable bonds is 7. The zero-order valence-corrected chi connectivity index (χ0v) is 10.5. The summed E-state index contributed by atoms with van der Waals surface area (Å²) in [5, 5.41) is 3.25. The standard InChI is InChI=1S/C13H22N2O/c1-4-8-14-13-7-6-12(9-15-13)10-16-11(3)5-2/h6-7,9,11H,4-5,8,10H2,1-3H3,(H,14,15). The first-order valence-corrected chi connectivity index (χ1v) is 6.06. The van der Waals surface area contributed by atoms with Gasteiger partial charge in [-0.3, -0.25) is 0 Å². The molecule has 1 aromatic heterocycles. The van der Waals surface area contributed by atoms with Crippen molar-refractivity contribution in [2.75, 3.05) is 11.9 Å². The van der Waals surface area contributed by atoms with Gasteiger partial charge >= 0.3 is 0 Å². The molecule has 3 heteroatoms. The van der Waals surface area contributed by atoms with Crippen molar-refractivity contribution in [2.24, 2.45) is 0 Å². The fraction of sp³-hybridized carbons (Fsp3) is 0.615. The van der Waals surface area contributed by atoms with E-state index in [1.54, 1.807) is 0 Å². The summed E-state index contributed by atoms with van der Waals surface area (Å²) in [5.41, 5.74) is 1.13. The van der Waals surface area contributed by atoms with Crippen LogP contribution in [0, 0.1) is 0 Å². The van der Waals surface area contributed by atoms with E-state index in [9.17, 15) is 0 Å². The predicted octanol–water partition coefficient (Wildman–Crippen LogP) is 3.22. The Morgan fingerprint density at radius 2 is 2.19 bits per heavy atom. The molecular formula is C13H22N2O. The van der Waals surface area contributed by atoms with E-state index in [0.717, 1.165) is 30.8 Å². The molecule has 0 aliphatic heterocycles.